The molecule has 0 radical (unpaired) electrons. The Morgan fingerprint density at radius 3 is 2.19 bits per heavy atom. The van der Waals surface area contributed by atoms with Crippen LogP contribution in [-0.2, 0) is 22.2 Å². The van der Waals surface area contributed by atoms with E-state index in [1.54, 1.807) is 31.2 Å². The van der Waals surface area contributed by atoms with Gasteiger partial charge in [0.2, 0.25) is 5.91 Å². The summed E-state index contributed by atoms with van der Waals surface area (Å²) in [5, 5.41) is 9.37. The third-order valence-corrected chi connectivity index (χ3v) is 5.78. The van der Waals surface area contributed by atoms with E-state index in [0.29, 0.717) is 16.8 Å². The van der Waals surface area contributed by atoms with Crippen LogP contribution in [0.2, 0.25) is 0 Å². The van der Waals surface area contributed by atoms with E-state index in [4.69, 9.17) is 0 Å². The summed E-state index contributed by atoms with van der Waals surface area (Å²) < 4.78 is 40.5. The Morgan fingerprint density at radius 2 is 1.58 bits per heavy atom. The van der Waals surface area contributed by atoms with Gasteiger partial charge in [-0.2, -0.15) is 13.2 Å². The number of benzene rings is 3. The highest BCUT2D eigenvalue weighted by molar-refractivity contribution is 6.35. The lowest BCUT2D eigenvalue weighted by Gasteiger charge is -2.20. The van der Waals surface area contributed by atoms with Crippen LogP contribution in [0.25, 0.3) is 5.57 Å². The Balaban J connectivity index is 1.68. The quantitative estimate of drug-likeness (QED) is 0.331. The smallest absolute Gasteiger partial charge is 0.416 e. The van der Waals surface area contributed by atoms with Gasteiger partial charge in [-0.15, -0.1) is 0 Å². The van der Waals surface area contributed by atoms with Crippen molar-refractivity contribution < 1.29 is 27.9 Å². The minimum atomic E-state index is -4.58. The van der Waals surface area contributed by atoms with Gasteiger partial charge in [0.05, 0.1) is 23.2 Å². The predicted molar refractivity (Wildman–Crippen MR) is 130 cm³/mol. The molecule has 6 nitrogen and oxygen atoms in total. The van der Waals surface area contributed by atoms with Gasteiger partial charge in [-0.25, -0.2) is 0 Å². The normalized spacial score (nSPS) is 14.5. The predicted octanol–water partition coefficient (Wildman–Crippen LogP) is 5.30. The number of allylic oxidation sites excluding steroid dienone is 1. The van der Waals surface area contributed by atoms with Gasteiger partial charge in [-0.05, 0) is 73.9 Å². The number of phenols is 1. The number of alkyl halides is 3. The molecular weight excluding hydrogens is 471 g/mol. The van der Waals surface area contributed by atoms with Crippen molar-refractivity contribution in [3.63, 3.8) is 0 Å². The second-order valence-electron chi connectivity index (χ2n) is 8.73. The number of rotatable bonds is 5. The molecule has 0 aliphatic carbocycles. The van der Waals surface area contributed by atoms with Crippen molar-refractivity contribution in [1.82, 2.24) is 10.9 Å². The van der Waals surface area contributed by atoms with Crippen LogP contribution < -0.4 is 15.8 Å². The van der Waals surface area contributed by atoms with E-state index in [-0.39, 0.29) is 29.1 Å². The van der Waals surface area contributed by atoms with Crippen LogP contribution in [0.1, 0.15) is 34.7 Å². The number of hydrogen-bond donors (Lipinski definition) is 3. The van der Waals surface area contributed by atoms with Gasteiger partial charge in [0, 0.05) is 16.9 Å². The molecule has 0 aromatic heterocycles. The molecule has 0 unspecified atom stereocenters. The molecule has 3 aromatic rings. The Morgan fingerprint density at radius 1 is 0.944 bits per heavy atom. The Labute approximate surface area is 206 Å². The molecule has 186 valence electrons. The van der Waals surface area contributed by atoms with Gasteiger partial charge in [-0.1, -0.05) is 24.3 Å². The number of nitrogens with zero attached hydrogens (tertiary/aromatic N) is 1. The van der Waals surface area contributed by atoms with E-state index in [1.165, 1.54) is 23.1 Å². The average molecular weight is 496 g/mol. The van der Waals surface area contributed by atoms with Gasteiger partial charge < -0.3 is 10.5 Å². The number of hydrazine groups is 1. The molecule has 0 spiro atoms. The van der Waals surface area contributed by atoms with Crippen molar-refractivity contribution in [1.29, 1.82) is 0 Å². The molecule has 3 N–H and O–H groups in total. The number of carbonyl (C=O) groups is 2. The molecule has 9 heteroatoms. The van der Waals surface area contributed by atoms with Crippen LogP contribution in [-0.4, -0.2) is 16.9 Å². The minimum Gasteiger partial charge on any atom is -0.508 e. The minimum absolute atomic E-state index is 0.0179. The number of fused-ring (bicyclic) bond motifs is 1. The van der Waals surface area contributed by atoms with Crippen molar-refractivity contribution in [3.8, 4) is 5.75 Å². The summed E-state index contributed by atoms with van der Waals surface area (Å²) in [5.41, 5.74) is 8.11. The second kappa shape index (κ2) is 9.41. The average Bonchev–Trinajstić information content (AvgIpc) is 3.09. The molecule has 1 heterocycles. The van der Waals surface area contributed by atoms with Crippen LogP contribution in [0.15, 0.2) is 66.4 Å². The summed E-state index contributed by atoms with van der Waals surface area (Å²) >= 11 is 0. The first-order valence-corrected chi connectivity index (χ1v) is 11.1. The van der Waals surface area contributed by atoms with Crippen LogP contribution in [0, 0.1) is 13.8 Å². The Hall–Kier alpha value is -4.27. The SMILES string of the molecule is C/C(NNC(=O)Cc1ccc(O)cc1)=C1/C(=O)N(c2cc(C)cc(C)c2)c2cc(C(F)(F)F)ccc21. The fourth-order valence-corrected chi connectivity index (χ4v) is 4.21. The van der Waals surface area contributed by atoms with E-state index < -0.39 is 23.6 Å². The summed E-state index contributed by atoms with van der Waals surface area (Å²) in [5.74, 6) is -0.824. The lowest BCUT2D eigenvalue weighted by Crippen LogP contribution is -2.38. The molecule has 0 fully saturated rings. The van der Waals surface area contributed by atoms with Gasteiger partial charge >= 0.3 is 6.18 Å². The van der Waals surface area contributed by atoms with Gasteiger partial charge in [-0.3, -0.25) is 19.9 Å². The van der Waals surface area contributed by atoms with E-state index in [9.17, 15) is 27.9 Å². The van der Waals surface area contributed by atoms with Crippen molar-refractivity contribution in [2.24, 2.45) is 0 Å². The number of amides is 2. The van der Waals surface area contributed by atoms with Crippen molar-refractivity contribution in [3.05, 3.63) is 94.2 Å². The van der Waals surface area contributed by atoms with E-state index in [0.717, 1.165) is 23.3 Å². The van der Waals surface area contributed by atoms with E-state index >= 15 is 0 Å². The zero-order valence-electron chi connectivity index (χ0n) is 19.8. The van der Waals surface area contributed by atoms with Crippen molar-refractivity contribution in [2.45, 2.75) is 33.4 Å². The number of anilines is 2. The van der Waals surface area contributed by atoms with Gasteiger partial charge in [0.25, 0.3) is 5.91 Å². The summed E-state index contributed by atoms with van der Waals surface area (Å²) in [4.78, 5) is 27.2. The van der Waals surface area contributed by atoms with E-state index in [1.807, 2.05) is 19.9 Å². The number of hydrogen-bond acceptors (Lipinski definition) is 4. The maximum Gasteiger partial charge on any atom is 0.416 e. The lowest BCUT2D eigenvalue weighted by atomic mass is 10.0. The fourth-order valence-electron chi connectivity index (χ4n) is 4.21. The molecule has 2 amide bonds. The highest BCUT2D eigenvalue weighted by Crippen LogP contribution is 2.45. The van der Waals surface area contributed by atoms with Crippen molar-refractivity contribution >= 4 is 28.8 Å². The maximum atomic E-state index is 13.6. The van der Waals surface area contributed by atoms with Gasteiger partial charge in [0.15, 0.2) is 0 Å². The number of aryl methyl sites for hydroxylation is 2. The molecule has 1 aliphatic heterocycles. The summed E-state index contributed by atoms with van der Waals surface area (Å²) in [6.07, 6.45) is -4.56. The highest BCUT2D eigenvalue weighted by Gasteiger charge is 2.39. The van der Waals surface area contributed by atoms with Crippen LogP contribution in [0.4, 0.5) is 24.5 Å². The number of aromatic hydroxyl groups is 1. The first-order chi connectivity index (χ1) is 16.9. The first kappa shape index (κ1) is 24.8. The molecule has 0 bridgehead atoms. The van der Waals surface area contributed by atoms with Crippen LogP contribution >= 0.6 is 0 Å². The first-order valence-electron chi connectivity index (χ1n) is 11.1. The fraction of sp³-hybridized carbons (Fsp3) is 0.185. The van der Waals surface area contributed by atoms with Crippen LogP contribution in [0.5, 0.6) is 5.75 Å². The largest absolute Gasteiger partial charge is 0.508 e. The zero-order chi connectivity index (χ0) is 26.2. The lowest BCUT2D eigenvalue weighted by molar-refractivity contribution is -0.137. The third kappa shape index (κ3) is 5.05. The molecular formula is C27H24F3N3O3. The Kier molecular flexibility index (Phi) is 6.49. The number of phenolic OH excluding ortho intramolecular Hbond substituents is 1. The maximum absolute atomic E-state index is 13.6. The number of halogens is 3. The number of carbonyl (C=O) groups excluding carboxylic acids is 2. The molecule has 36 heavy (non-hydrogen) atoms. The monoisotopic (exact) mass is 495 g/mol. The molecule has 0 atom stereocenters. The standard InChI is InChI=1S/C27H24F3N3O3/c1-15-10-16(2)12-20(11-15)33-23-14-19(27(28,29)30)6-9-22(23)25(26(33)36)17(3)31-32-24(35)13-18-4-7-21(34)8-5-18/h4-12,14,31,34H,13H2,1-3H3,(H,32,35)/b25-17-. The summed E-state index contributed by atoms with van der Waals surface area (Å²) in [6, 6.07) is 14.7. The second-order valence-corrected chi connectivity index (χ2v) is 8.73. The van der Waals surface area contributed by atoms with Crippen LogP contribution in [0.3, 0.4) is 0 Å². The van der Waals surface area contributed by atoms with E-state index in [2.05, 4.69) is 10.9 Å². The molecule has 0 saturated heterocycles. The third-order valence-electron chi connectivity index (χ3n) is 5.78. The summed E-state index contributed by atoms with van der Waals surface area (Å²) in [7, 11) is 0. The number of nitrogens with one attached hydrogen (secondary N) is 2. The van der Waals surface area contributed by atoms with Crippen molar-refractivity contribution in [2.75, 3.05) is 4.90 Å². The highest BCUT2D eigenvalue weighted by atomic mass is 19.4. The molecule has 1 aliphatic rings. The Bertz CT molecular complexity index is 1360. The zero-order valence-corrected chi connectivity index (χ0v) is 19.8. The topological polar surface area (TPSA) is 81.7 Å². The van der Waals surface area contributed by atoms with Gasteiger partial charge in [0.1, 0.15) is 5.75 Å². The molecule has 0 saturated carbocycles. The molecule has 4 rings (SSSR count). The molecule has 3 aromatic carbocycles. The summed E-state index contributed by atoms with van der Waals surface area (Å²) in [6.45, 7) is 5.26.